The normalized spacial score (nSPS) is 26.7. The molecule has 0 amide bonds. The zero-order chi connectivity index (χ0) is 13.3. The number of hydrogen-bond donors (Lipinski definition) is 2. The van der Waals surface area contributed by atoms with E-state index in [-0.39, 0.29) is 5.57 Å². The van der Waals surface area contributed by atoms with E-state index in [2.05, 4.69) is 10.3 Å². The molecule has 2 atom stereocenters. The van der Waals surface area contributed by atoms with E-state index in [1.165, 1.54) is 29.1 Å². The van der Waals surface area contributed by atoms with Crippen molar-refractivity contribution in [3.63, 3.8) is 0 Å². The predicted octanol–water partition coefficient (Wildman–Crippen LogP) is 0.275. The minimum Gasteiger partial charge on any atom is -0.481 e. The number of aliphatic carboxylic acids is 2. The second-order valence-electron chi connectivity index (χ2n) is 4.15. The van der Waals surface area contributed by atoms with Gasteiger partial charge in [0, 0.05) is 6.20 Å². The lowest BCUT2D eigenvalue weighted by molar-refractivity contribution is -0.142. The Labute approximate surface area is 102 Å². The van der Waals surface area contributed by atoms with Gasteiger partial charge in [0.15, 0.2) is 0 Å². The summed E-state index contributed by atoms with van der Waals surface area (Å²) in [5, 5.41) is 25.6. The molecule has 0 radical (unpaired) electrons. The van der Waals surface area contributed by atoms with E-state index in [0.29, 0.717) is 0 Å². The van der Waals surface area contributed by atoms with Crippen LogP contribution in [0.4, 0.5) is 0 Å². The Bertz CT molecular complexity index is 547. The number of carboxylic acid groups (broad SMARTS) is 2. The topological polar surface area (TPSA) is 105 Å². The summed E-state index contributed by atoms with van der Waals surface area (Å²) in [5.74, 6) is -3.29. The summed E-state index contributed by atoms with van der Waals surface area (Å²) in [5.41, 5.74) is -1.01. The van der Waals surface area contributed by atoms with Gasteiger partial charge in [0.05, 0.1) is 17.3 Å². The highest BCUT2D eigenvalue weighted by atomic mass is 16.4. The zero-order valence-electron chi connectivity index (χ0n) is 9.52. The molecule has 2 rings (SSSR count). The first-order chi connectivity index (χ1) is 8.45. The van der Waals surface area contributed by atoms with Crippen LogP contribution in [-0.4, -0.2) is 37.1 Å². The molecule has 2 unspecified atom stereocenters. The van der Waals surface area contributed by atoms with Crippen molar-refractivity contribution < 1.29 is 19.8 Å². The third-order valence-electron chi connectivity index (χ3n) is 3.01. The Kier molecular flexibility index (Phi) is 2.74. The van der Waals surface area contributed by atoms with Gasteiger partial charge in [-0.05, 0) is 13.0 Å². The van der Waals surface area contributed by atoms with E-state index >= 15 is 0 Å². The highest BCUT2D eigenvalue weighted by molar-refractivity contribution is 5.92. The lowest BCUT2D eigenvalue weighted by atomic mass is 9.80. The van der Waals surface area contributed by atoms with Gasteiger partial charge >= 0.3 is 11.9 Å². The second-order valence-corrected chi connectivity index (χ2v) is 4.15. The summed E-state index contributed by atoms with van der Waals surface area (Å²) in [6, 6.07) is 0. The van der Waals surface area contributed by atoms with Gasteiger partial charge in [0.2, 0.25) is 0 Å². The van der Waals surface area contributed by atoms with E-state index < -0.39 is 23.4 Å². The van der Waals surface area contributed by atoms with Gasteiger partial charge in [-0.15, -0.1) is 5.10 Å². The molecule has 94 valence electrons. The minimum atomic E-state index is -1.15. The number of nitrogens with zero attached hydrogens (tertiary/aromatic N) is 3. The maximum Gasteiger partial charge on any atom is 0.335 e. The van der Waals surface area contributed by atoms with Crippen LogP contribution in [0.3, 0.4) is 0 Å². The van der Waals surface area contributed by atoms with Crippen LogP contribution in [0, 0.1) is 5.92 Å². The van der Waals surface area contributed by atoms with E-state index in [9.17, 15) is 14.7 Å². The van der Waals surface area contributed by atoms with Crippen molar-refractivity contribution in [2.75, 3.05) is 0 Å². The number of allylic oxidation sites excluding steroid dienone is 1. The van der Waals surface area contributed by atoms with Crippen molar-refractivity contribution >= 4 is 11.9 Å². The second kappa shape index (κ2) is 4.10. The Hall–Kier alpha value is -2.44. The minimum absolute atomic E-state index is 0.0417. The van der Waals surface area contributed by atoms with Gasteiger partial charge in [-0.3, -0.25) is 4.79 Å². The summed E-state index contributed by atoms with van der Waals surface area (Å²) in [6.07, 6.45) is 7.09. The number of carbonyl (C=O) groups is 2. The average molecular weight is 249 g/mol. The number of carboxylic acids is 2. The zero-order valence-corrected chi connectivity index (χ0v) is 9.52. The molecule has 1 aromatic rings. The van der Waals surface area contributed by atoms with Crippen molar-refractivity contribution in [3.05, 3.63) is 36.2 Å². The van der Waals surface area contributed by atoms with E-state index in [1.54, 1.807) is 13.1 Å². The lowest BCUT2D eigenvalue weighted by Crippen LogP contribution is -2.42. The summed E-state index contributed by atoms with van der Waals surface area (Å²) in [4.78, 5) is 22.2. The molecule has 2 N–H and O–H groups in total. The monoisotopic (exact) mass is 249 g/mol. The third kappa shape index (κ3) is 1.79. The Morgan fingerprint density at radius 3 is 2.67 bits per heavy atom. The van der Waals surface area contributed by atoms with E-state index in [0.717, 1.165) is 0 Å². The highest BCUT2D eigenvalue weighted by Gasteiger charge is 2.41. The molecule has 1 aromatic heterocycles. The fraction of sp³-hybridized carbons (Fsp3) is 0.273. The fourth-order valence-corrected chi connectivity index (χ4v) is 1.91. The van der Waals surface area contributed by atoms with Crippen molar-refractivity contribution in [3.8, 4) is 0 Å². The van der Waals surface area contributed by atoms with Crippen LogP contribution in [-0.2, 0) is 15.1 Å². The molecule has 7 nitrogen and oxygen atoms in total. The van der Waals surface area contributed by atoms with Gasteiger partial charge in [-0.25, -0.2) is 9.48 Å². The van der Waals surface area contributed by atoms with Gasteiger partial charge in [0.1, 0.15) is 5.92 Å². The number of rotatable bonds is 3. The number of hydrogen-bond acceptors (Lipinski definition) is 4. The van der Waals surface area contributed by atoms with E-state index in [4.69, 9.17) is 5.11 Å². The average Bonchev–Trinajstić information content (AvgIpc) is 2.82. The molecule has 0 saturated heterocycles. The largest absolute Gasteiger partial charge is 0.481 e. The van der Waals surface area contributed by atoms with Crippen LogP contribution >= 0.6 is 0 Å². The first-order valence-corrected chi connectivity index (χ1v) is 5.19. The Balaban J connectivity index is 2.48. The van der Waals surface area contributed by atoms with Gasteiger partial charge in [-0.2, -0.15) is 0 Å². The predicted molar refractivity (Wildman–Crippen MR) is 59.7 cm³/mol. The van der Waals surface area contributed by atoms with E-state index in [1.807, 2.05) is 0 Å². The molecule has 0 bridgehead atoms. The van der Waals surface area contributed by atoms with Gasteiger partial charge in [0.25, 0.3) is 0 Å². The summed E-state index contributed by atoms with van der Waals surface area (Å²) in [7, 11) is 0. The smallest absolute Gasteiger partial charge is 0.335 e. The molecular weight excluding hydrogens is 238 g/mol. The Morgan fingerprint density at radius 2 is 2.17 bits per heavy atom. The molecule has 0 aliphatic heterocycles. The van der Waals surface area contributed by atoms with Crippen LogP contribution < -0.4 is 0 Å². The molecule has 0 aromatic carbocycles. The number of aromatic nitrogens is 3. The van der Waals surface area contributed by atoms with Crippen LogP contribution in [0.1, 0.15) is 6.92 Å². The molecule has 7 heteroatoms. The van der Waals surface area contributed by atoms with Crippen LogP contribution in [0.5, 0.6) is 0 Å². The maximum atomic E-state index is 11.3. The quantitative estimate of drug-likeness (QED) is 0.796. The molecule has 18 heavy (non-hydrogen) atoms. The molecule has 0 fully saturated rings. The van der Waals surface area contributed by atoms with Crippen LogP contribution in [0.2, 0.25) is 0 Å². The molecular formula is C11H11N3O4. The van der Waals surface area contributed by atoms with Crippen molar-refractivity contribution in [1.29, 1.82) is 0 Å². The summed E-state index contributed by atoms with van der Waals surface area (Å²) in [6.45, 7) is 1.66. The first kappa shape index (κ1) is 12.0. The molecule has 1 aliphatic rings. The van der Waals surface area contributed by atoms with Crippen LogP contribution in [0.15, 0.2) is 36.2 Å². The summed E-state index contributed by atoms with van der Waals surface area (Å²) >= 11 is 0. The maximum absolute atomic E-state index is 11.3. The first-order valence-electron chi connectivity index (χ1n) is 5.19. The van der Waals surface area contributed by atoms with Crippen molar-refractivity contribution in [1.82, 2.24) is 15.0 Å². The lowest BCUT2D eigenvalue weighted by Gasteiger charge is -2.33. The molecule has 1 aliphatic carbocycles. The van der Waals surface area contributed by atoms with Crippen molar-refractivity contribution in [2.24, 2.45) is 5.92 Å². The SMILES string of the molecule is CC1(n2ccnn2)C=CC(C(=O)O)=CC1C(=O)O. The molecule has 1 heterocycles. The molecule has 0 spiro atoms. The van der Waals surface area contributed by atoms with Gasteiger partial charge in [-0.1, -0.05) is 17.4 Å². The highest BCUT2D eigenvalue weighted by Crippen LogP contribution is 2.33. The third-order valence-corrected chi connectivity index (χ3v) is 3.01. The van der Waals surface area contributed by atoms with Gasteiger partial charge < -0.3 is 10.2 Å². The van der Waals surface area contributed by atoms with Crippen molar-refractivity contribution in [2.45, 2.75) is 12.5 Å². The van der Waals surface area contributed by atoms with Crippen LogP contribution in [0.25, 0.3) is 0 Å². The summed E-state index contributed by atoms with van der Waals surface area (Å²) < 4.78 is 1.40. The Morgan fingerprint density at radius 1 is 1.44 bits per heavy atom. The standard InChI is InChI=1S/C11H11N3O4/c1-11(14-5-4-12-13-14)3-2-7(9(15)16)6-8(11)10(17)18/h2-6,8H,1H3,(H,15,16)(H,17,18). The fourth-order valence-electron chi connectivity index (χ4n) is 1.91. The molecule has 0 saturated carbocycles.